The Morgan fingerprint density at radius 3 is 2.32 bits per heavy atom. The highest BCUT2D eigenvalue weighted by Crippen LogP contribution is 2.28. The van der Waals surface area contributed by atoms with Crippen LogP contribution in [-0.4, -0.2) is 22.1 Å². The maximum atomic E-state index is 12.3. The Bertz CT molecular complexity index is 743. The van der Waals surface area contributed by atoms with E-state index in [2.05, 4.69) is 31.9 Å². The zero-order valence-electron chi connectivity index (χ0n) is 11.8. The number of ether oxygens (including phenoxy) is 1. The van der Waals surface area contributed by atoms with Gasteiger partial charge in [0.25, 0.3) is 0 Å². The fraction of sp³-hybridized carbons (Fsp3) is 0.200. The molecule has 0 N–H and O–H groups in total. The Labute approximate surface area is 146 Å². The van der Waals surface area contributed by atoms with E-state index >= 15 is 0 Å². The van der Waals surface area contributed by atoms with Crippen LogP contribution in [0.3, 0.4) is 0 Å². The minimum Gasteiger partial charge on any atom is -0.384 e. The molecule has 0 amide bonds. The summed E-state index contributed by atoms with van der Waals surface area (Å²) in [7, 11) is -2.24. The Morgan fingerprint density at radius 2 is 1.73 bits per heavy atom. The molecule has 22 heavy (non-hydrogen) atoms. The number of rotatable bonds is 6. The van der Waals surface area contributed by atoms with Gasteiger partial charge < -0.3 is 8.92 Å². The van der Waals surface area contributed by atoms with Crippen molar-refractivity contribution in [3.05, 3.63) is 57.0 Å². The quantitative estimate of drug-likeness (QED) is 0.621. The largest absolute Gasteiger partial charge is 0.384 e. The summed E-state index contributed by atoms with van der Waals surface area (Å²) in [5, 5.41) is 0. The predicted molar refractivity (Wildman–Crippen MR) is 91.7 cm³/mol. The van der Waals surface area contributed by atoms with Gasteiger partial charge in [-0.15, -0.1) is 0 Å². The number of halogens is 2. The molecule has 0 spiro atoms. The van der Waals surface area contributed by atoms with Crippen LogP contribution >= 0.6 is 31.9 Å². The molecule has 2 rings (SSSR count). The van der Waals surface area contributed by atoms with Crippen LogP contribution < -0.4 is 4.18 Å². The van der Waals surface area contributed by atoms with Crippen molar-refractivity contribution in [2.45, 2.75) is 11.3 Å². The molecule has 0 aliphatic heterocycles. The lowest BCUT2D eigenvalue weighted by molar-refractivity contribution is 0.202. The van der Waals surface area contributed by atoms with E-state index in [0.717, 1.165) is 16.5 Å². The van der Waals surface area contributed by atoms with Gasteiger partial charge in [-0.25, -0.2) is 0 Å². The van der Waals surface area contributed by atoms with Crippen molar-refractivity contribution in [2.75, 3.05) is 13.7 Å². The SMILES string of the molecule is COCCc1ccc(OS(=O)(=O)c2ccc(Br)cc2Br)cc1. The molecule has 2 aromatic carbocycles. The van der Waals surface area contributed by atoms with Gasteiger partial charge in [0.05, 0.1) is 6.61 Å². The molecule has 0 radical (unpaired) electrons. The van der Waals surface area contributed by atoms with Crippen LogP contribution in [-0.2, 0) is 21.3 Å². The van der Waals surface area contributed by atoms with E-state index in [4.69, 9.17) is 8.92 Å². The van der Waals surface area contributed by atoms with Crippen LogP contribution in [0.25, 0.3) is 0 Å². The predicted octanol–water partition coefficient (Wildman–Crippen LogP) is 4.17. The third kappa shape index (κ3) is 4.55. The maximum Gasteiger partial charge on any atom is 0.340 e. The summed E-state index contributed by atoms with van der Waals surface area (Å²) in [6.45, 7) is 0.615. The second-order valence-electron chi connectivity index (χ2n) is 4.50. The van der Waals surface area contributed by atoms with Crippen molar-refractivity contribution in [3.8, 4) is 5.75 Å². The molecule has 0 aliphatic rings. The van der Waals surface area contributed by atoms with Gasteiger partial charge in [-0.3, -0.25) is 0 Å². The summed E-state index contributed by atoms with van der Waals surface area (Å²) in [5.41, 5.74) is 1.05. The Kier molecular flexibility index (Phi) is 6.02. The van der Waals surface area contributed by atoms with Gasteiger partial charge in [-0.2, -0.15) is 8.42 Å². The Hall–Kier alpha value is -0.890. The Morgan fingerprint density at radius 1 is 1.05 bits per heavy atom. The molecule has 4 nitrogen and oxygen atoms in total. The normalized spacial score (nSPS) is 11.4. The van der Waals surface area contributed by atoms with E-state index in [1.54, 1.807) is 31.4 Å². The summed E-state index contributed by atoms with van der Waals surface area (Å²) in [6.07, 6.45) is 0.766. The van der Waals surface area contributed by atoms with Crippen molar-refractivity contribution in [1.29, 1.82) is 0 Å². The first kappa shape index (κ1) is 17.5. The number of hydrogen-bond acceptors (Lipinski definition) is 4. The molecule has 0 aromatic heterocycles. The van der Waals surface area contributed by atoms with E-state index in [9.17, 15) is 8.42 Å². The average molecular weight is 450 g/mol. The first-order chi connectivity index (χ1) is 10.4. The zero-order valence-corrected chi connectivity index (χ0v) is 15.7. The van der Waals surface area contributed by atoms with Gasteiger partial charge in [-0.05, 0) is 58.2 Å². The molecule has 0 bridgehead atoms. The fourth-order valence-corrected chi connectivity index (χ4v) is 4.41. The maximum absolute atomic E-state index is 12.3. The summed E-state index contributed by atoms with van der Waals surface area (Å²) >= 11 is 6.52. The highest BCUT2D eigenvalue weighted by molar-refractivity contribution is 9.11. The molecular weight excluding hydrogens is 436 g/mol. The van der Waals surface area contributed by atoms with Crippen LogP contribution in [0.4, 0.5) is 0 Å². The van der Waals surface area contributed by atoms with Gasteiger partial charge in [0.2, 0.25) is 0 Å². The van der Waals surface area contributed by atoms with Crippen molar-refractivity contribution in [1.82, 2.24) is 0 Å². The van der Waals surface area contributed by atoms with Crippen molar-refractivity contribution >= 4 is 42.0 Å². The van der Waals surface area contributed by atoms with Crippen LogP contribution in [0.2, 0.25) is 0 Å². The molecule has 0 fully saturated rings. The van der Waals surface area contributed by atoms with E-state index < -0.39 is 10.1 Å². The molecule has 0 unspecified atom stereocenters. The van der Waals surface area contributed by atoms with Gasteiger partial charge in [-0.1, -0.05) is 28.1 Å². The van der Waals surface area contributed by atoms with Crippen LogP contribution in [0.5, 0.6) is 5.75 Å². The smallest absolute Gasteiger partial charge is 0.340 e. The van der Waals surface area contributed by atoms with Crippen molar-refractivity contribution in [2.24, 2.45) is 0 Å². The molecular formula is C15H14Br2O4S. The van der Waals surface area contributed by atoms with Gasteiger partial charge >= 0.3 is 10.1 Å². The Balaban J connectivity index is 2.18. The highest BCUT2D eigenvalue weighted by atomic mass is 79.9. The summed E-state index contributed by atoms with van der Waals surface area (Å²) in [4.78, 5) is 0.0826. The van der Waals surface area contributed by atoms with E-state index in [-0.39, 0.29) is 10.6 Å². The topological polar surface area (TPSA) is 52.6 Å². The molecule has 7 heteroatoms. The molecule has 0 heterocycles. The average Bonchev–Trinajstić information content (AvgIpc) is 2.45. The monoisotopic (exact) mass is 448 g/mol. The second kappa shape index (κ2) is 7.59. The molecule has 0 saturated heterocycles. The third-order valence-corrected chi connectivity index (χ3v) is 5.61. The lowest BCUT2D eigenvalue weighted by Gasteiger charge is -2.09. The minimum atomic E-state index is -3.88. The van der Waals surface area contributed by atoms with Crippen molar-refractivity contribution in [3.63, 3.8) is 0 Å². The first-order valence-electron chi connectivity index (χ1n) is 6.40. The summed E-state index contributed by atoms with van der Waals surface area (Å²) < 4.78 is 36.0. The lowest BCUT2D eigenvalue weighted by atomic mass is 10.1. The first-order valence-corrected chi connectivity index (χ1v) is 9.39. The van der Waals surface area contributed by atoms with Gasteiger partial charge in [0.1, 0.15) is 10.6 Å². The standard InChI is InChI=1S/C15H14Br2O4S/c1-20-9-8-11-2-5-13(6-3-11)21-22(18,19)15-7-4-12(16)10-14(15)17/h2-7,10H,8-9H2,1H3. The van der Waals surface area contributed by atoms with Gasteiger partial charge in [0, 0.05) is 16.1 Å². The summed E-state index contributed by atoms with van der Waals surface area (Å²) in [5.74, 6) is 0.274. The van der Waals surface area contributed by atoms with E-state index in [1.165, 1.54) is 6.07 Å². The van der Waals surface area contributed by atoms with Crippen LogP contribution in [0.1, 0.15) is 5.56 Å². The van der Waals surface area contributed by atoms with Crippen molar-refractivity contribution < 1.29 is 17.3 Å². The van der Waals surface area contributed by atoms with E-state index in [1.807, 2.05) is 12.1 Å². The lowest BCUT2D eigenvalue weighted by Crippen LogP contribution is -2.10. The van der Waals surface area contributed by atoms with Crippen LogP contribution in [0.15, 0.2) is 56.3 Å². The molecule has 0 saturated carbocycles. The minimum absolute atomic E-state index is 0.0826. The second-order valence-corrected chi connectivity index (χ2v) is 7.78. The van der Waals surface area contributed by atoms with E-state index in [0.29, 0.717) is 11.1 Å². The summed E-state index contributed by atoms with van der Waals surface area (Å²) in [6, 6.07) is 11.7. The highest BCUT2D eigenvalue weighted by Gasteiger charge is 2.20. The number of hydrogen-bond donors (Lipinski definition) is 0. The van der Waals surface area contributed by atoms with Gasteiger partial charge in [0.15, 0.2) is 0 Å². The number of benzene rings is 2. The molecule has 0 aliphatic carbocycles. The number of methoxy groups -OCH3 is 1. The molecule has 118 valence electrons. The van der Waals surface area contributed by atoms with Crippen LogP contribution in [0, 0.1) is 0 Å². The third-order valence-electron chi connectivity index (χ3n) is 2.89. The zero-order chi connectivity index (χ0) is 16.2. The molecule has 0 atom stereocenters. The fourth-order valence-electron chi connectivity index (χ4n) is 1.78. The molecule has 2 aromatic rings.